The van der Waals surface area contributed by atoms with E-state index in [9.17, 15) is 4.39 Å². The SMILES string of the molecule is FCc1cccc(-c2ccc3nncn3c2)c1. The van der Waals surface area contributed by atoms with Crippen LogP contribution in [0.5, 0.6) is 0 Å². The number of nitrogens with zero attached hydrogens (tertiary/aromatic N) is 3. The maximum Gasteiger partial charge on any atom is 0.160 e. The Kier molecular flexibility index (Phi) is 2.33. The highest BCUT2D eigenvalue weighted by atomic mass is 19.1. The molecule has 84 valence electrons. The number of benzene rings is 1. The number of halogens is 1. The summed E-state index contributed by atoms with van der Waals surface area (Å²) in [6.07, 6.45) is 3.59. The van der Waals surface area contributed by atoms with Crippen LogP contribution in [-0.2, 0) is 6.67 Å². The molecular weight excluding hydrogens is 217 g/mol. The highest BCUT2D eigenvalue weighted by Gasteiger charge is 2.01. The van der Waals surface area contributed by atoms with Crippen LogP contribution in [0.25, 0.3) is 16.8 Å². The molecule has 0 radical (unpaired) electrons. The van der Waals surface area contributed by atoms with Gasteiger partial charge in [-0.3, -0.25) is 4.40 Å². The largest absolute Gasteiger partial charge is 0.288 e. The standard InChI is InChI=1S/C13H10FN3/c14-7-10-2-1-3-11(6-10)12-4-5-13-16-15-9-17(13)8-12/h1-6,8-9H,7H2. The van der Waals surface area contributed by atoms with Crippen molar-refractivity contribution in [2.24, 2.45) is 0 Å². The summed E-state index contributed by atoms with van der Waals surface area (Å²) >= 11 is 0. The molecule has 0 atom stereocenters. The van der Waals surface area contributed by atoms with E-state index in [0.29, 0.717) is 5.56 Å². The van der Waals surface area contributed by atoms with E-state index >= 15 is 0 Å². The zero-order valence-corrected chi connectivity index (χ0v) is 9.05. The fourth-order valence-electron chi connectivity index (χ4n) is 1.83. The summed E-state index contributed by atoms with van der Waals surface area (Å²) in [4.78, 5) is 0. The summed E-state index contributed by atoms with van der Waals surface area (Å²) in [5, 5.41) is 7.76. The molecule has 0 unspecified atom stereocenters. The second-order valence-corrected chi connectivity index (χ2v) is 3.85. The van der Waals surface area contributed by atoms with Gasteiger partial charge in [-0.15, -0.1) is 10.2 Å². The van der Waals surface area contributed by atoms with Crippen molar-refractivity contribution in [3.8, 4) is 11.1 Å². The summed E-state index contributed by atoms with van der Waals surface area (Å²) < 4.78 is 14.4. The molecule has 2 heterocycles. The van der Waals surface area contributed by atoms with E-state index in [1.54, 1.807) is 12.4 Å². The van der Waals surface area contributed by atoms with Crippen LogP contribution < -0.4 is 0 Å². The Balaban J connectivity index is 2.12. The van der Waals surface area contributed by atoms with Gasteiger partial charge in [0, 0.05) is 6.20 Å². The monoisotopic (exact) mass is 227 g/mol. The fourth-order valence-corrected chi connectivity index (χ4v) is 1.83. The maximum absolute atomic E-state index is 12.6. The van der Waals surface area contributed by atoms with Gasteiger partial charge in [0.1, 0.15) is 13.0 Å². The molecular formula is C13H10FN3. The van der Waals surface area contributed by atoms with Crippen molar-refractivity contribution in [3.05, 3.63) is 54.5 Å². The van der Waals surface area contributed by atoms with Crippen LogP contribution >= 0.6 is 0 Å². The van der Waals surface area contributed by atoms with Crippen molar-refractivity contribution in [2.45, 2.75) is 6.67 Å². The first kappa shape index (κ1) is 9.96. The van der Waals surface area contributed by atoms with Gasteiger partial charge in [-0.05, 0) is 34.9 Å². The summed E-state index contributed by atoms with van der Waals surface area (Å²) in [6, 6.07) is 11.3. The molecule has 3 nitrogen and oxygen atoms in total. The van der Waals surface area contributed by atoms with E-state index in [2.05, 4.69) is 10.2 Å². The summed E-state index contributed by atoms with van der Waals surface area (Å²) in [5.41, 5.74) is 3.50. The molecule has 0 spiro atoms. The van der Waals surface area contributed by atoms with Gasteiger partial charge in [0.25, 0.3) is 0 Å². The number of hydrogen-bond donors (Lipinski definition) is 0. The minimum atomic E-state index is -0.442. The third-order valence-corrected chi connectivity index (χ3v) is 2.71. The Labute approximate surface area is 97.5 Å². The van der Waals surface area contributed by atoms with Crippen LogP contribution in [0.1, 0.15) is 5.56 Å². The van der Waals surface area contributed by atoms with Crippen molar-refractivity contribution >= 4 is 5.65 Å². The molecule has 0 aliphatic heterocycles. The predicted octanol–water partition coefficient (Wildman–Crippen LogP) is 2.87. The molecule has 0 N–H and O–H groups in total. The molecule has 3 rings (SSSR count). The molecule has 0 fully saturated rings. The summed E-state index contributed by atoms with van der Waals surface area (Å²) in [5.74, 6) is 0. The molecule has 0 amide bonds. The first-order valence-corrected chi connectivity index (χ1v) is 5.31. The van der Waals surface area contributed by atoms with Gasteiger partial charge in [-0.1, -0.05) is 18.2 Å². The third-order valence-electron chi connectivity index (χ3n) is 2.71. The first-order chi connectivity index (χ1) is 8.36. The second kappa shape index (κ2) is 3.97. The van der Waals surface area contributed by atoms with Crippen molar-refractivity contribution in [1.29, 1.82) is 0 Å². The lowest BCUT2D eigenvalue weighted by atomic mass is 10.1. The zero-order chi connectivity index (χ0) is 11.7. The molecule has 17 heavy (non-hydrogen) atoms. The Hall–Kier alpha value is -2.23. The highest BCUT2D eigenvalue weighted by molar-refractivity contribution is 5.65. The third kappa shape index (κ3) is 1.78. The molecule has 2 aromatic heterocycles. The Morgan fingerprint density at radius 1 is 1.12 bits per heavy atom. The van der Waals surface area contributed by atoms with E-state index in [1.807, 2.05) is 40.9 Å². The minimum absolute atomic E-state index is 0.442. The molecule has 0 aliphatic rings. The number of alkyl halides is 1. The Morgan fingerprint density at radius 2 is 2.06 bits per heavy atom. The molecule has 0 saturated carbocycles. The first-order valence-electron chi connectivity index (χ1n) is 5.31. The fraction of sp³-hybridized carbons (Fsp3) is 0.0769. The number of pyridine rings is 1. The number of aromatic nitrogens is 3. The molecule has 3 aromatic rings. The molecule has 0 bridgehead atoms. The summed E-state index contributed by atoms with van der Waals surface area (Å²) in [7, 11) is 0. The van der Waals surface area contributed by atoms with Crippen molar-refractivity contribution in [2.75, 3.05) is 0 Å². The van der Waals surface area contributed by atoms with Gasteiger partial charge in [-0.25, -0.2) is 4.39 Å². The van der Waals surface area contributed by atoms with Gasteiger partial charge in [0.2, 0.25) is 0 Å². The predicted molar refractivity (Wildman–Crippen MR) is 63.2 cm³/mol. The second-order valence-electron chi connectivity index (χ2n) is 3.85. The van der Waals surface area contributed by atoms with E-state index in [1.165, 1.54) is 0 Å². The van der Waals surface area contributed by atoms with Crippen molar-refractivity contribution < 1.29 is 4.39 Å². The lowest BCUT2D eigenvalue weighted by Gasteiger charge is -2.03. The van der Waals surface area contributed by atoms with Crippen molar-refractivity contribution in [3.63, 3.8) is 0 Å². The normalized spacial score (nSPS) is 10.9. The van der Waals surface area contributed by atoms with Crippen LogP contribution in [-0.4, -0.2) is 14.6 Å². The number of fused-ring (bicyclic) bond motifs is 1. The van der Waals surface area contributed by atoms with Crippen LogP contribution in [0.3, 0.4) is 0 Å². The Bertz CT molecular complexity index is 660. The summed E-state index contributed by atoms with van der Waals surface area (Å²) in [6.45, 7) is -0.442. The lowest BCUT2D eigenvalue weighted by molar-refractivity contribution is 0.485. The van der Waals surface area contributed by atoms with Crippen LogP contribution in [0.4, 0.5) is 4.39 Å². The van der Waals surface area contributed by atoms with E-state index in [4.69, 9.17) is 0 Å². The highest BCUT2D eigenvalue weighted by Crippen LogP contribution is 2.21. The average molecular weight is 227 g/mol. The van der Waals surface area contributed by atoms with Crippen molar-refractivity contribution in [1.82, 2.24) is 14.6 Å². The molecule has 1 aromatic carbocycles. The van der Waals surface area contributed by atoms with Crippen LogP contribution in [0.15, 0.2) is 48.9 Å². The van der Waals surface area contributed by atoms with E-state index in [-0.39, 0.29) is 0 Å². The van der Waals surface area contributed by atoms with Crippen LogP contribution in [0.2, 0.25) is 0 Å². The zero-order valence-electron chi connectivity index (χ0n) is 9.05. The van der Waals surface area contributed by atoms with E-state index < -0.39 is 6.67 Å². The van der Waals surface area contributed by atoms with Crippen LogP contribution in [0, 0.1) is 0 Å². The van der Waals surface area contributed by atoms with Gasteiger partial charge in [-0.2, -0.15) is 0 Å². The lowest BCUT2D eigenvalue weighted by Crippen LogP contribution is -1.86. The number of hydrogen-bond acceptors (Lipinski definition) is 2. The van der Waals surface area contributed by atoms with Gasteiger partial charge in [0.15, 0.2) is 5.65 Å². The smallest absolute Gasteiger partial charge is 0.160 e. The Morgan fingerprint density at radius 3 is 2.94 bits per heavy atom. The topological polar surface area (TPSA) is 30.2 Å². The number of rotatable bonds is 2. The van der Waals surface area contributed by atoms with Gasteiger partial charge in [0.05, 0.1) is 0 Å². The average Bonchev–Trinajstić information content (AvgIpc) is 2.86. The molecule has 0 saturated heterocycles. The molecule has 4 heteroatoms. The van der Waals surface area contributed by atoms with E-state index in [0.717, 1.165) is 16.8 Å². The quantitative estimate of drug-likeness (QED) is 0.673. The van der Waals surface area contributed by atoms with Gasteiger partial charge >= 0.3 is 0 Å². The van der Waals surface area contributed by atoms with Gasteiger partial charge < -0.3 is 0 Å². The molecule has 0 aliphatic carbocycles. The minimum Gasteiger partial charge on any atom is -0.288 e. The maximum atomic E-state index is 12.6.